The van der Waals surface area contributed by atoms with Crippen LogP contribution in [0.25, 0.3) is 0 Å². The normalized spacial score (nSPS) is 38.3. The Labute approximate surface area is 90.3 Å². The Balaban J connectivity index is 2.14. The Bertz CT molecular complexity index is 453. The summed E-state index contributed by atoms with van der Waals surface area (Å²) in [5.41, 5.74) is 0. The molecule has 2 aliphatic heterocycles. The summed E-state index contributed by atoms with van der Waals surface area (Å²) >= 11 is 0. The monoisotopic (exact) mass is 253 g/mol. The first-order chi connectivity index (χ1) is 6.73. The maximum Gasteiger partial charge on any atom is 0.156 e. The van der Waals surface area contributed by atoms with Gasteiger partial charge < -0.3 is 4.90 Å². The molecule has 2 atom stereocenters. The van der Waals surface area contributed by atoms with Gasteiger partial charge in [-0.15, -0.1) is 0 Å². The second-order valence-corrected chi connectivity index (χ2v) is 9.02. The van der Waals surface area contributed by atoms with E-state index >= 15 is 0 Å². The summed E-state index contributed by atoms with van der Waals surface area (Å²) in [6.07, 6.45) is 0. The van der Waals surface area contributed by atoms with E-state index in [4.69, 9.17) is 0 Å². The highest BCUT2D eigenvalue weighted by Crippen LogP contribution is 2.36. The fraction of sp³-hybridized carbons (Fsp3) is 1.00. The maximum absolute atomic E-state index is 11.6. The molecule has 5 nitrogen and oxygen atoms in total. The van der Waals surface area contributed by atoms with Crippen molar-refractivity contribution < 1.29 is 16.8 Å². The molecule has 2 fully saturated rings. The molecule has 2 heterocycles. The average Bonchev–Trinajstić information content (AvgIpc) is 1.96. The maximum atomic E-state index is 11.6. The molecular weight excluding hydrogens is 238 g/mol. The lowest BCUT2D eigenvalue weighted by atomic mass is 10.0. The lowest BCUT2D eigenvalue weighted by Crippen LogP contribution is -2.65. The minimum Gasteiger partial charge on any atom is -0.304 e. The third kappa shape index (κ3) is 1.81. The molecule has 88 valence electrons. The zero-order valence-corrected chi connectivity index (χ0v) is 10.4. The number of rotatable bonds is 2. The molecule has 7 heteroatoms. The topological polar surface area (TPSA) is 71.5 Å². The smallest absolute Gasteiger partial charge is 0.156 e. The van der Waals surface area contributed by atoms with Crippen LogP contribution in [0.5, 0.6) is 0 Å². The van der Waals surface area contributed by atoms with Crippen LogP contribution in [-0.2, 0) is 19.7 Å². The lowest BCUT2D eigenvalue weighted by molar-refractivity contribution is 0.248. The third-order valence-corrected chi connectivity index (χ3v) is 7.47. The van der Waals surface area contributed by atoms with E-state index in [0.717, 1.165) is 0 Å². The van der Waals surface area contributed by atoms with Gasteiger partial charge in [-0.2, -0.15) is 0 Å². The van der Waals surface area contributed by atoms with E-state index < -0.39 is 24.9 Å². The molecule has 0 N–H and O–H groups in total. The van der Waals surface area contributed by atoms with Crippen molar-refractivity contribution in [2.45, 2.75) is 11.3 Å². The van der Waals surface area contributed by atoms with Crippen LogP contribution in [0.15, 0.2) is 0 Å². The van der Waals surface area contributed by atoms with E-state index in [0.29, 0.717) is 0 Å². The Kier molecular flexibility index (Phi) is 2.40. The molecule has 2 aliphatic rings. The van der Waals surface area contributed by atoms with Crippen LogP contribution in [0.3, 0.4) is 0 Å². The number of nitrogens with zero attached hydrogens (tertiary/aromatic N) is 1. The summed E-state index contributed by atoms with van der Waals surface area (Å²) in [6, 6.07) is -0.00417. The first-order valence-electron chi connectivity index (χ1n) is 4.81. The van der Waals surface area contributed by atoms with Gasteiger partial charge in [-0.3, -0.25) is 0 Å². The second-order valence-electron chi connectivity index (χ2n) is 4.66. The molecule has 0 aliphatic carbocycles. The summed E-state index contributed by atoms with van der Waals surface area (Å²) < 4.78 is 45.2. The Morgan fingerprint density at radius 2 is 1.53 bits per heavy atom. The highest BCUT2D eigenvalue weighted by atomic mass is 32.2. The van der Waals surface area contributed by atoms with E-state index in [1.54, 1.807) is 0 Å². The van der Waals surface area contributed by atoms with Crippen molar-refractivity contribution in [1.29, 1.82) is 0 Å². The van der Waals surface area contributed by atoms with Gasteiger partial charge in [0, 0.05) is 12.0 Å². The lowest BCUT2D eigenvalue weighted by Gasteiger charge is -2.46. The molecule has 0 amide bonds. The highest BCUT2D eigenvalue weighted by Gasteiger charge is 2.55. The molecule has 2 rings (SSSR count). The second kappa shape index (κ2) is 3.18. The number of hydrogen-bond donors (Lipinski definition) is 0. The van der Waals surface area contributed by atoms with Crippen LogP contribution in [0.4, 0.5) is 0 Å². The van der Waals surface area contributed by atoms with E-state index in [1.165, 1.54) is 0 Å². The van der Waals surface area contributed by atoms with Gasteiger partial charge in [0.05, 0.1) is 22.5 Å². The number of hydrogen-bond acceptors (Lipinski definition) is 5. The van der Waals surface area contributed by atoms with Gasteiger partial charge in [-0.25, -0.2) is 16.8 Å². The molecule has 15 heavy (non-hydrogen) atoms. The van der Waals surface area contributed by atoms with E-state index in [9.17, 15) is 16.8 Å². The molecule has 0 saturated carbocycles. The summed E-state index contributed by atoms with van der Waals surface area (Å²) in [7, 11) is -2.30. The highest BCUT2D eigenvalue weighted by molar-refractivity contribution is 7.95. The predicted octanol–water partition coefficient (Wildman–Crippen LogP) is -1.24. The third-order valence-electron chi connectivity index (χ3n) is 3.26. The zero-order chi connectivity index (χ0) is 11.4. The Morgan fingerprint density at radius 1 is 1.00 bits per heavy atom. The largest absolute Gasteiger partial charge is 0.304 e. The van der Waals surface area contributed by atoms with E-state index in [2.05, 4.69) is 0 Å². The van der Waals surface area contributed by atoms with Crippen molar-refractivity contribution in [2.24, 2.45) is 5.92 Å². The Morgan fingerprint density at radius 3 is 1.87 bits per heavy atom. The Hall–Kier alpha value is -0.140. The summed E-state index contributed by atoms with van der Waals surface area (Å²) in [6.45, 7) is 0. The van der Waals surface area contributed by atoms with Gasteiger partial charge in [0.1, 0.15) is 0 Å². The van der Waals surface area contributed by atoms with Crippen molar-refractivity contribution in [3.05, 3.63) is 0 Å². The van der Waals surface area contributed by atoms with Crippen LogP contribution < -0.4 is 0 Å². The molecule has 0 aromatic carbocycles. The fourth-order valence-corrected chi connectivity index (χ4v) is 6.71. The first-order valence-corrected chi connectivity index (χ1v) is 8.35. The van der Waals surface area contributed by atoms with Crippen LogP contribution in [-0.4, -0.2) is 64.4 Å². The van der Waals surface area contributed by atoms with Crippen LogP contribution in [0.2, 0.25) is 0 Å². The fourth-order valence-electron chi connectivity index (χ4n) is 2.40. The van der Waals surface area contributed by atoms with Gasteiger partial charge in [0.2, 0.25) is 0 Å². The van der Waals surface area contributed by atoms with Crippen LogP contribution >= 0.6 is 0 Å². The molecule has 0 aromatic rings. The average molecular weight is 253 g/mol. The van der Waals surface area contributed by atoms with Gasteiger partial charge >= 0.3 is 0 Å². The van der Waals surface area contributed by atoms with Crippen molar-refractivity contribution in [1.82, 2.24) is 4.90 Å². The van der Waals surface area contributed by atoms with Crippen LogP contribution in [0.1, 0.15) is 0 Å². The molecule has 0 spiro atoms. The van der Waals surface area contributed by atoms with Crippen molar-refractivity contribution in [3.63, 3.8) is 0 Å². The van der Waals surface area contributed by atoms with Crippen molar-refractivity contribution >= 4 is 19.7 Å². The first kappa shape index (κ1) is 11.3. The molecule has 0 radical (unpaired) electrons. The van der Waals surface area contributed by atoms with Gasteiger partial charge in [0.15, 0.2) is 19.7 Å². The number of sulfone groups is 2. The quantitative estimate of drug-likeness (QED) is 0.615. The SMILES string of the molecule is CN(C)[C@@H]1CS(=O)(=O)[C@H]1C1CS(=O)(=O)C1. The zero-order valence-electron chi connectivity index (χ0n) is 8.75. The van der Waals surface area contributed by atoms with Crippen molar-refractivity contribution in [3.8, 4) is 0 Å². The van der Waals surface area contributed by atoms with Gasteiger partial charge in [-0.05, 0) is 14.1 Å². The molecule has 0 unspecified atom stereocenters. The standard InChI is InChI=1S/C8H15NO4S2/c1-9(2)7-5-15(12,13)8(7)6-3-14(10,11)4-6/h6-8H,3-5H2,1-2H3/t7-,8+/m1/s1. The van der Waals surface area contributed by atoms with Gasteiger partial charge in [0.25, 0.3) is 0 Å². The van der Waals surface area contributed by atoms with Gasteiger partial charge in [-0.1, -0.05) is 0 Å². The predicted molar refractivity (Wildman–Crippen MR) is 57.2 cm³/mol. The summed E-state index contributed by atoms with van der Waals surface area (Å²) in [4.78, 5) is 1.87. The minimum absolute atomic E-state index is 0.00417. The van der Waals surface area contributed by atoms with E-state index in [1.807, 2.05) is 19.0 Å². The molecular formula is C8H15NO4S2. The van der Waals surface area contributed by atoms with E-state index in [-0.39, 0.29) is 29.2 Å². The summed E-state index contributed by atoms with van der Waals surface area (Å²) in [5, 5.41) is -0.462. The molecule has 2 saturated heterocycles. The minimum atomic E-state index is -3.03. The van der Waals surface area contributed by atoms with Crippen molar-refractivity contribution in [2.75, 3.05) is 31.4 Å². The summed E-state index contributed by atoms with van der Waals surface area (Å²) in [5.74, 6) is 0.0742. The molecule has 0 bridgehead atoms. The van der Waals surface area contributed by atoms with Crippen LogP contribution in [0, 0.1) is 5.92 Å². The molecule has 0 aromatic heterocycles.